The fourth-order valence-electron chi connectivity index (χ4n) is 2.53. The number of hydrogen-bond acceptors (Lipinski definition) is 6. The van der Waals surface area contributed by atoms with Crippen molar-refractivity contribution in [3.63, 3.8) is 0 Å². The van der Waals surface area contributed by atoms with Crippen LogP contribution in [-0.2, 0) is 9.84 Å². The molecule has 1 amide bonds. The zero-order valence-electron chi connectivity index (χ0n) is 15.4. The predicted molar refractivity (Wildman–Crippen MR) is 110 cm³/mol. The quantitative estimate of drug-likeness (QED) is 0.628. The molecule has 0 saturated carbocycles. The summed E-state index contributed by atoms with van der Waals surface area (Å²) in [6.45, 7) is 4.32. The molecule has 7 nitrogen and oxygen atoms in total. The predicted octanol–water partition coefficient (Wildman–Crippen LogP) is 3.95. The molecule has 0 atom stereocenters. The standard InChI is InChI=1S/C18H18ClN3O4S2/c1-4-26-14-9-20-22(10-14)16-8-17(27-11(16)2)18(23)21-13-5-12(19)6-15(7-13)28(3,24)25/h5-10H,4H2,1-3H3,(H,21,23). The van der Waals surface area contributed by atoms with Gasteiger partial charge in [0.1, 0.15) is 0 Å². The first kappa shape index (κ1) is 20.4. The molecular formula is C18H18ClN3O4S2. The van der Waals surface area contributed by atoms with Crippen LogP contribution in [0.5, 0.6) is 5.75 Å². The molecule has 0 aliphatic rings. The van der Waals surface area contributed by atoms with Crippen molar-refractivity contribution in [2.45, 2.75) is 18.7 Å². The molecule has 3 rings (SSSR count). The Morgan fingerprint density at radius 1 is 1.32 bits per heavy atom. The number of rotatable bonds is 6. The number of hydrogen-bond donors (Lipinski definition) is 1. The van der Waals surface area contributed by atoms with E-state index in [1.165, 1.54) is 29.5 Å². The highest BCUT2D eigenvalue weighted by Gasteiger charge is 2.16. The molecule has 3 aromatic rings. The number of benzene rings is 1. The molecule has 0 saturated heterocycles. The summed E-state index contributed by atoms with van der Waals surface area (Å²) in [5, 5.41) is 7.18. The molecule has 0 fully saturated rings. The molecule has 0 bridgehead atoms. The summed E-state index contributed by atoms with van der Waals surface area (Å²) in [5.41, 5.74) is 1.08. The fraction of sp³-hybridized carbons (Fsp3) is 0.222. The van der Waals surface area contributed by atoms with Gasteiger partial charge >= 0.3 is 0 Å². The van der Waals surface area contributed by atoms with E-state index < -0.39 is 9.84 Å². The topological polar surface area (TPSA) is 90.3 Å². The summed E-state index contributed by atoms with van der Waals surface area (Å²) in [4.78, 5) is 14.0. The number of aromatic nitrogens is 2. The third kappa shape index (κ3) is 4.54. The van der Waals surface area contributed by atoms with Gasteiger partial charge in [-0.3, -0.25) is 4.79 Å². The number of thiophene rings is 1. The summed E-state index contributed by atoms with van der Waals surface area (Å²) in [6, 6.07) is 5.94. The van der Waals surface area contributed by atoms with Gasteiger partial charge in [0.05, 0.1) is 34.5 Å². The number of nitrogens with zero attached hydrogens (tertiary/aromatic N) is 2. The van der Waals surface area contributed by atoms with Crippen molar-refractivity contribution >= 4 is 44.4 Å². The second kappa shape index (κ2) is 7.94. The van der Waals surface area contributed by atoms with E-state index in [0.717, 1.165) is 16.8 Å². The molecule has 1 aromatic carbocycles. The molecule has 0 radical (unpaired) electrons. The van der Waals surface area contributed by atoms with E-state index in [4.69, 9.17) is 16.3 Å². The van der Waals surface area contributed by atoms with Crippen molar-refractivity contribution in [1.29, 1.82) is 0 Å². The van der Waals surface area contributed by atoms with Crippen molar-refractivity contribution in [1.82, 2.24) is 9.78 Å². The van der Waals surface area contributed by atoms with Gasteiger partial charge in [-0.05, 0) is 38.1 Å². The molecule has 10 heteroatoms. The van der Waals surface area contributed by atoms with Crippen LogP contribution >= 0.6 is 22.9 Å². The fourth-order valence-corrected chi connectivity index (χ4v) is 4.42. The Morgan fingerprint density at radius 3 is 2.75 bits per heavy atom. The number of carbonyl (C=O) groups excluding carboxylic acids is 1. The Bertz CT molecular complexity index is 1140. The lowest BCUT2D eigenvalue weighted by atomic mass is 10.3. The van der Waals surface area contributed by atoms with Crippen molar-refractivity contribution < 1.29 is 17.9 Å². The number of amides is 1. The number of halogens is 1. The lowest BCUT2D eigenvalue weighted by Gasteiger charge is -2.07. The Labute approximate surface area is 171 Å². The maximum absolute atomic E-state index is 12.6. The third-order valence-corrected chi connectivity index (χ3v) is 6.14. The van der Waals surface area contributed by atoms with Gasteiger partial charge in [-0.15, -0.1) is 11.3 Å². The average molecular weight is 440 g/mol. The van der Waals surface area contributed by atoms with Crippen molar-refractivity contribution in [3.05, 3.63) is 51.4 Å². The van der Waals surface area contributed by atoms with E-state index in [-0.39, 0.29) is 15.8 Å². The van der Waals surface area contributed by atoms with Gasteiger partial charge in [0, 0.05) is 21.8 Å². The molecular weight excluding hydrogens is 422 g/mol. The first-order valence-electron chi connectivity index (χ1n) is 8.27. The highest BCUT2D eigenvalue weighted by molar-refractivity contribution is 7.90. The second-order valence-corrected chi connectivity index (χ2v) is 9.72. The van der Waals surface area contributed by atoms with Gasteiger partial charge in [-0.25, -0.2) is 13.1 Å². The minimum atomic E-state index is -3.45. The molecule has 0 aliphatic heterocycles. The smallest absolute Gasteiger partial charge is 0.265 e. The third-order valence-electron chi connectivity index (χ3n) is 3.79. The van der Waals surface area contributed by atoms with E-state index in [1.54, 1.807) is 23.1 Å². The Morgan fingerprint density at radius 2 is 2.07 bits per heavy atom. The van der Waals surface area contributed by atoms with Crippen LogP contribution in [0.2, 0.25) is 5.02 Å². The van der Waals surface area contributed by atoms with Gasteiger partial charge in [0.25, 0.3) is 5.91 Å². The van der Waals surface area contributed by atoms with E-state index in [2.05, 4.69) is 10.4 Å². The van der Waals surface area contributed by atoms with Gasteiger partial charge in [0.2, 0.25) is 0 Å². The van der Waals surface area contributed by atoms with Gasteiger partial charge in [0.15, 0.2) is 15.6 Å². The van der Waals surface area contributed by atoms with Crippen LogP contribution in [0.3, 0.4) is 0 Å². The van der Waals surface area contributed by atoms with Gasteiger partial charge < -0.3 is 10.1 Å². The Hall–Kier alpha value is -2.36. The maximum atomic E-state index is 12.6. The van der Waals surface area contributed by atoms with Crippen LogP contribution in [0.25, 0.3) is 5.69 Å². The van der Waals surface area contributed by atoms with E-state index in [1.807, 2.05) is 13.8 Å². The molecule has 1 N–H and O–H groups in total. The SMILES string of the molecule is CCOc1cnn(-c2cc(C(=O)Nc3cc(Cl)cc(S(C)(=O)=O)c3)sc2C)c1. The monoisotopic (exact) mass is 439 g/mol. The highest BCUT2D eigenvalue weighted by atomic mass is 35.5. The normalized spacial score (nSPS) is 11.4. The number of anilines is 1. The van der Waals surface area contributed by atoms with Crippen molar-refractivity contribution in [3.8, 4) is 11.4 Å². The van der Waals surface area contributed by atoms with Gasteiger partial charge in [-0.1, -0.05) is 11.6 Å². The van der Waals surface area contributed by atoms with E-state index in [9.17, 15) is 13.2 Å². The highest BCUT2D eigenvalue weighted by Crippen LogP contribution is 2.28. The number of sulfone groups is 1. The molecule has 28 heavy (non-hydrogen) atoms. The summed E-state index contributed by atoms with van der Waals surface area (Å²) in [5.74, 6) is 0.282. The zero-order chi connectivity index (χ0) is 20.5. The van der Waals surface area contributed by atoms with Crippen molar-refractivity contribution in [2.24, 2.45) is 0 Å². The van der Waals surface area contributed by atoms with Crippen LogP contribution in [0.15, 0.2) is 41.6 Å². The number of nitrogens with one attached hydrogen (secondary N) is 1. The number of carbonyl (C=O) groups is 1. The summed E-state index contributed by atoms with van der Waals surface area (Å²) >= 11 is 7.29. The summed E-state index contributed by atoms with van der Waals surface area (Å²) in [7, 11) is -3.45. The Kier molecular flexibility index (Phi) is 5.78. The second-order valence-electron chi connectivity index (χ2n) is 6.01. The molecule has 2 heterocycles. The minimum Gasteiger partial charge on any atom is -0.491 e. The lowest BCUT2D eigenvalue weighted by Crippen LogP contribution is -2.11. The van der Waals surface area contributed by atoms with Crippen LogP contribution in [0.4, 0.5) is 5.69 Å². The van der Waals surface area contributed by atoms with E-state index >= 15 is 0 Å². The minimum absolute atomic E-state index is 0.0401. The Balaban J connectivity index is 1.85. The molecule has 0 aliphatic carbocycles. The van der Waals surface area contributed by atoms with Gasteiger partial charge in [-0.2, -0.15) is 5.10 Å². The molecule has 0 unspecified atom stereocenters. The zero-order valence-corrected chi connectivity index (χ0v) is 17.8. The summed E-state index contributed by atoms with van der Waals surface area (Å²) in [6.07, 6.45) is 4.44. The number of aryl methyl sites for hydroxylation is 1. The molecule has 0 spiro atoms. The molecule has 2 aromatic heterocycles. The van der Waals surface area contributed by atoms with Crippen LogP contribution in [0.1, 0.15) is 21.5 Å². The van der Waals surface area contributed by atoms with Crippen molar-refractivity contribution in [2.75, 3.05) is 18.2 Å². The van der Waals surface area contributed by atoms with E-state index in [0.29, 0.717) is 22.9 Å². The van der Waals surface area contributed by atoms with Crippen LogP contribution in [-0.4, -0.2) is 37.0 Å². The first-order chi connectivity index (χ1) is 13.2. The molecule has 148 valence electrons. The summed E-state index contributed by atoms with van der Waals surface area (Å²) < 4.78 is 30.6. The largest absolute Gasteiger partial charge is 0.491 e. The lowest BCUT2D eigenvalue weighted by molar-refractivity contribution is 0.103. The van der Waals surface area contributed by atoms with Crippen LogP contribution in [0, 0.1) is 6.92 Å². The van der Waals surface area contributed by atoms with Crippen LogP contribution < -0.4 is 10.1 Å². The number of ether oxygens (including phenoxy) is 1. The average Bonchev–Trinajstić information content (AvgIpc) is 3.20. The first-order valence-corrected chi connectivity index (χ1v) is 11.4. The maximum Gasteiger partial charge on any atom is 0.265 e.